The Morgan fingerprint density at radius 1 is 1.07 bits per heavy atom. The molecule has 0 fully saturated rings. The van der Waals surface area contributed by atoms with E-state index in [1.165, 1.54) is 5.57 Å². The molecule has 2 unspecified atom stereocenters. The predicted octanol–water partition coefficient (Wildman–Crippen LogP) is 3.79. The minimum Gasteiger partial charge on any atom is -0.371 e. The molecular weight excluding hydrogens is 172 g/mol. The van der Waals surface area contributed by atoms with Gasteiger partial charge in [-0.05, 0) is 37.7 Å². The lowest BCUT2D eigenvalue weighted by atomic mass is 9.83. The minimum atomic E-state index is 0.316. The summed E-state index contributed by atoms with van der Waals surface area (Å²) in [5.74, 6) is 1.29. The molecule has 1 aliphatic rings. The maximum absolute atomic E-state index is 5.88. The molecule has 1 rings (SSSR count). The Morgan fingerprint density at radius 3 is 2.07 bits per heavy atom. The number of hydrogen-bond donors (Lipinski definition) is 0. The van der Waals surface area contributed by atoms with Crippen molar-refractivity contribution in [3.05, 3.63) is 11.1 Å². The van der Waals surface area contributed by atoms with Crippen LogP contribution >= 0.6 is 0 Å². The fourth-order valence-corrected chi connectivity index (χ4v) is 2.57. The van der Waals surface area contributed by atoms with E-state index in [0.29, 0.717) is 24.0 Å². The first-order valence-corrected chi connectivity index (χ1v) is 5.81. The van der Waals surface area contributed by atoms with Crippen molar-refractivity contribution >= 4 is 0 Å². The number of ether oxygens (including phenoxy) is 1. The molecule has 0 saturated carbocycles. The van der Waals surface area contributed by atoms with Gasteiger partial charge in [-0.1, -0.05) is 33.3 Å². The Labute approximate surface area is 88.5 Å². The second-order valence-corrected chi connectivity index (χ2v) is 5.08. The molecule has 0 bridgehead atoms. The van der Waals surface area contributed by atoms with Gasteiger partial charge in [-0.2, -0.15) is 0 Å². The molecule has 1 aliphatic heterocycles. The smallest absolute Gasteiger partial charge is 0.0765 e. The quantitative estimate of drug-likeness (QED) is 0.610. The SMILES string of the molecule is CC1CC(C(C)C)=C(C(C)C)C(C)O1. The Hall–Kier alpha value is -0.300. The third-order valence-corrected chi connectivity index (χ3v) is 3.07. The van der Waals surface area contributed by atoms with Crippen LogP contribution in [0.2, 0.25) is 0 Å². The summed E-state index contributed by atoms with van der Waals surface area (Å²) in [6.07, 6.45) is 1.83. The van der Waals surface area contributed by atoms with E-state index in [4.69, 9.17) is 4.74 Å². The highest BCUT2D eigenvalue weighted by Gasteiger charge is 2.27. The summed E-state index contributed by atoms with van der Waals surface area (Å²) in [6, 6.07) is 0. The summed E-state index contributed by atoms with van der Waals surface area (Å²) in [5.41, 5.74) is 3.17. The van der Waals surface area contributed by atoms with E-state index >= 15 is 0 Å². The van der Waals surface area contributed by atoms with Crippen LogP contribution < -0.4 is 0 Å². The standard InChI is InChI=1S/C13H24O/c1-8(2)12-7-10(5)14-11(6)13(12)9(3)4/h8-11H,7H2,1-6H3. The van der Waals surface area contributed by atoms with Crippen molar-refractivity contribution in [2.24, 2.45) is 11.8 Å². The molecule has 2 atom stereocenters. The summed E-state index contributed by atoms with van der Waals surface area (Å²) in [6.45, 7) is 13.5. The summed E-state index contributed by atoms with van der Waals surface area (Å²) in [7, 11) is 0. The summed E-state index contributed by atoms with van der Waals surface area (Å²) >= 11 is 0. The molecule has 1 nitrogen and oxygen atoms in total. The Kier molecular flexibility index (Phi) is 3.77. The average Bonchev–Trinajstić information content (AvgIpc) is 2.01. The third kappa shape index (κ3) is 2.38. The number of rotatable bonds is 2. The molecule has 0 N–H and O–H groups in total. The van der Waals surface area contributed by atoms with E-state index in [2.05, 4.69) is 41.5 Å². The highest BCUT2D eigenvalue weighted by molar-refractivity contribution is 5.24. The second kappa shape index (κ2) is 4.48. The van der Waals surface area contributed by atoms with E-state index in [1.54, 1.807) is 5.57 Å². The summed E-state index contributed by atoms with van der Waals surface area (Å²) in [5, 5.41) is 0. The van der Waals surface area contributed by atoms with Crippen LogP contribution in [0.3, 0.4) is 0 Å². The molecule has 0 aromatic rings. The van der Waals surface area contributed by atoms with E-state index in [0.717, 1.165) is 6.42 Å². The monoisotopic (exact) mass is 196 g/mol. The van der Waals surface area contributed by atoms with Gasteiger partial charge in [-0.25, -0.2) is 0 Å². The van der Waals surface area contributed by atoms with E-state index in [-0.39, 0.29) is 0 Å². The van der Waals surface area contributed by atoms with Gasteiger partial charge >= 0.3 is 0 Å². The molecule has 14 heavy (non-hydrogen) atoms. The second-order valence-electron chi connectivity index (χ2n) is 5.08. The van der Waals surface area contributed by atoms with Gasteiger partial charge in [-0.3, -0.25) is 0 Å². The first kappa shape index (κ1) is 11.8. The zero-order chi connectivity index (χ0) is 10.9. The van der Waals surface area contributed by atoms with Crippen molar-refractivity contribution < 1.29 is 4.74 Å². The normalized spacial score (nSPS) is 29.1. The Morgan fingerprint density at radius 2 is 1.64 bits per heavy atom. The molecule has 0 spiro atoms. The van der Waals surface area contributed by atoms with Gasteiger partial charge in [0.25, 0.3) is 0 Å². The third-order valence-electron chi connectivity index (χ3n) is 3.07. The zero-order valence-corrected chi connectivity index (χ0v) is 10.4. The van der Waals surface area contributed by atoms with Crippen LogP contribution in [0.4, 0.5) is 0 Å². The highest BCUT2D eigenvalue weighted by Crippen LogP contribution is 2.34. The van der Waals surface area contributed by atoms with Crippen molar-refractivity contribution in [2.75, 3.05) is 0 Å². The highest BCUT2D eigenvalue weighted by atomic mass is 16.5. The van der Waals surface area contributed by atoms with Crippen LogP contribution in [0.1, 0.15) is 48.0 Å². The Balaban J connectivity index is 3.02. The Bertz CT molecular complexity index is 225. The zero-order valence-electron chi connectivity index (χ0n) is 10.4. The van der Waals surface area contributed by atoms with Crippen molar-refractivity contribution in [1.29, 1.82) is 0 Å². The lowest BCUT2D eigenvalue weighted by molar-refractivity contribution is 0.00926. The molecule has 0 aromatic heterocycles. The maximum atomic E-state index is 5.88. The molecule has 0 amide bonds. The average molecular weight is 196 g/mol. The van der Waals surface area contributed by atoms with Gasteiger partial charge in [0.15, 0.2) is 0 Å². The van der Waals surface area contributed by atoms with Gasteiger partial charge < -0.3 is 4.74 Å². The van der Waals surface area contributed by atoms with Crippen LogP contribution in [0.15, 0.2) is 11.1 Å². The van der Waals surface area contributed by atoms with Crippen LogP contribution in [-0.2, 0) is 4.74 Å². The van der Waals surface area contributed by atoms with E-state index < -0.39 is 0 Å². The molecule has 0 saturated heterocycles. The van der Waals surface area contributed by atoms with Crippen molar-refractivity contribution in [2.45, 2.75) is 60.2 Å². The first-order valence-electron chi connectivity index (χ1n) is 5.81. The van der Waals surface area contributed by atoms with Crippen molar-refractivity contribution in [3.8, 4) is 0 Å². The van der Waals surface area contributed by atoms with Crippen LogP contribution in [0.25, 0.3) is 0 Å². The molecule has 0 aromatic carbocycles. The van der Waals surface area contributed by atoms with Gasteiger partial charge in [-0.15, -0.1) is 0 Å². The first-order chi connectivity index (χ1) is 6.43. The lowest BCUT2D eigenvalue weighted by Crippen LogP contribution is -2.30. The topological polar surface area (TPSA) is 9.23 Å². The van der Waals surface area contributed by atoms with Gasteiger partial charge in [0.1, 0.15) is 0 Å². The van der Waals surface area contributed by atoms with Crippen molar-refractivity contribution in [1.82, 2.24) is 0 Å². The molecule has 1 heteroatoms. The fourth-order valence-electron chi connectivity index (χ4n) is 2.57. The molecule has 82 valence electrons. The summed E-state index contributed by atoms with van der Waals surface area (Å²) in [4.78, 5) is 0. The lowest BCUT2D eigenvalue weighted by Gasteiger charge is -2.34. The van der Waals surface area contributed by atoms with Crippen LogP contribution in [0, 0.1) is 11.8 Å². The van der Waals surface area contributed by atoms with E-state index in [9.17, 15) is 0 Å². The fraction of sp³-hybridized carbons (Fsp3) is 0.846. The summed E-state index contributed by atoms with van der Waals surface area (Å²) < 4.78 is 5.88. The molecule has 0 radical (unpaired) electrons. The minimum absolute atomic E-state index is 0.316. The van der Waals surface area contributed by atoms with Gasteiger partial charge in [0.2, 0.25) is 0 Å². The van der Waals surface area contributed by atoms with Crippen LogP contribution in [0.5, 0.6) is 0 Å². The van der Waals surface area contributed by atoms with E-state index in [1.807, 2.05) is 0 Å². The van der Waals surface area contributed by atoms with Gasteiger partial charge in [0, 0.05) is 0 Å². The predicted molar refractivity (Wildman–Crippen MR) is 61.3 cm³/mol. The molecule has 1 heterocycles. The largest absolute Gasteiger partial charge is 0.371 e. The number of hydrogen-bond acceptors (Lipinski definition) is 1. The van der Waals surface area contributed by atoms with Gasteiger partial charge in [0.05, 0.1) is 12.2 Å². The van der Waals surface area contributed by atoms with Crippen LogP contribution in [-0.4, -0.2) is 12.2 Å². The molecular formula is C13H24O. The maximum Gasteiger partial charge on any atom is 0.0765 e. The van der Waals surface area contributed by atoms with Crippen molar-refractivity contribution in [3.63, 3.8) is 0 Å². The molecule has 0 aliphatic carbocycles.